The fraction of sp³-hybridized carbons (Fsp3) is 0.100. The third-order valence-corrected chi connectivity index (χ3v) is 8.70. The molecule has 0 saturated heterocycles. The highest BCUT2D eigenvalue weighted by Gasteiger charge is 2.22. The Bertz CT molecular complexity index is 2680. The number of nitro benzene ring substituents is 1. The van der Waals surface area contributed by atoms with E-state index in [4.69, 9.17) is 0 Å². The number of carbonyl (C=O) groups is 3. The number of nitro groups is 1. The number of hydrogen-bond donors (Lipinski definition) is 1. The molecule has 8 rings (SSSR count). The molecule has 4 aromatic heterocycles. The van der Waals surface area contributed by atoms with Crippen molar-refractivity contribution in [3.05, 3.63) is 153 Å². The van der Waals surface area contributed by atoms with Crippen LogP contribution in [0.15, 0.2) is 97.5 Å². The first-order valence-electron chi connectivity index (χ1n) is 16.4. The standard InChI is InChI=1S/C14H10FNO2.C13H9FN2O4.C13H9FN2O2/c1-18-14(17)8-2-3-11-9(4-8)5-10-7-16-13(15)6-12(10)11;1-20-13(17)9-2-3-10(11(6-9)16(18)19)8-4-5-15-12(14)7-8;1-18-13(17)7-2-3-8-9-4-5-15-12(14)11(9)16-10(8)6-7/h2-4,6-7H,5H2,1H3;2-7H,1H3;2-6,16H,1H3. The summed E-state index contributed by atoms with van der Waals surface area (Å²) in [5.74, 6) is -3.25. The predicted molar refractivity (Wildman–Crippen MR) is 196 cm³/mol. The number of pyridine rings is 3. The number of ether oxygens (including phenoxy) is 3. The van der Waals surface area contributed by atoms with Crippen molar-refractivity contribution in [1.82, 2.24) is 19.9 Å². The maximum atomic E-state index is 13.5. The zero-order valence-corrected chi connectivity index (χ0v) is 29.6. The van der Waals surface area contributed by atoms with E-state index in [0.717, 1.165) is 45.2 Å². The molecule has 1 N–H and O–H groups in total. The summed E-state index contributed by atoms with van der Waals surface area (Å²) in [5, 5.41) is 12.7. The average Bonchev–Trinajstić information content (AvgIpc) is 3.78. The molecule has 0 aliphatic heterocycles. The van der Waals surface area contributed by atoms with E-state index in [2.05, 4.69) is 34.1 Å². The van der Waals surface area contributed by atoms with Crippen LogP contribution in [0.3, 0.4) is 0 Å². The molecule has 0 amide bonds. The Hall–Kier alpha value is -7.49. The van der Waals surface area contributed by atoms with Crippen molar-refractivity contribution < 1.29 is 46.7 Å². The molecule has 282 valence electrons. The number of methoxy groups -OCH3 is 3. The number of esters is 3. The summed E-state index contributed by atoms with van der Waals surface area (Å²) in [6.45, 7) is 0. The van der Waals surface area contributed by atoms with Gasteiger partial charge in [-0.15, -0.1) is 0 Å². The minimum Gasteiger partial charge on any atom is -0.465 e. The van der Waals surface area contributed by atoms with Crippen molar-refractivity contribution in [2.24, 2.45) is 0 Å². The van der Waals surface area contributed by atoms with Gasteiger partial charge in [0.2, 0.25) is 17.8 Å². The lowest BCUT2D eigenvalue weighted by Crippen LogP contribution is -2.03. The number of H-pyrrole nitrogens is 1. The number of rotatable bonds is 5. The van der Waals surface area contributed by atoms with Crippen LogP contribution in [0.2, 0.25) is 0 Å². The van der Waals surface area contributed by atoms with E-state index in [1.807, 2.05) is 6.07 Å². The molecule has 0 bridgehead atoms. The van der Waals surface area contributed by atoms with Crippen LogP contribution in [-0.2, 0) is 20.6 Å². The van der Waals surface area contributed by atoms with Gasteiger partial charge in [-0.2, -0.15) is 13.2 Å². The normalized spacial score (nSPS) is 11.0. The number of fused-ring (bicyclic) bond motifs is 6. The van der Waals surface area contributed by atoms with Crippen molar-refractivity contribution >= 4 is 45.4 Å². The summed E-state index contributed by atoms with van der Waals surface area (Å²) >= 11 is 0. The highest BCUT2D eigenvalue weighted by molar-refractivity contribution is 6.08. The molecule has 16 heteroatoms. The molecule has 56 heavy (non-hydrogen) atoms. The molecule has 0 fully saturated rings. The SMILES string of the molecule is COC(=O)c1ccc(-c2ccnc(F)c2)c([N+](=O)[O-])c1.COC(=O)c1ccc2c(c1)Cc1cnc(F)cc1-2.COC(=O)c1ccc2c(c1)[nH]c1c(F)nccc12. The summed E-state index contributed by atoms with van der Waals surface area (Å²) in [4.78, 5) is 58.2. The van der Waals surface area contributed by atoms with Crippen LogP contribution in [0.25, 0.3) is 44.1 Å². The van der Waals surface area contributed by atoms with Gasteiger partial charge in [0.15, 0.2) is 0 Å². The number of halogens is 3. The van der Waals surface area contributed by atoms with Crippen molar-refractivity contribution in [1.29, 1.82) is 0 Å². The van der Waals surface area contributed by atoms with Crippen LogP contribution in [0.5, 0.6) is 0 Å². The van der Waals surface area contributed by atoms with Crippen LogP contribution < -0.4 is 0 Å². The number of aromatic nitrogens is 4. The van der Waals surface area contributed by atoms with E-state index in [-0.39, 0.29) is 22.8 Å². The average molecular weight is 764 g/mol. The third-order valence-electron chi connectivity index (χ3n) is 8.70. The molecule has 0 radical (unpaired) electrons. The number of carbonyl (C=O) groups excluding carboxylic acids is 3. The van der Waals surface area contributed by atoms with Crippen LogP contribution >= 0.6 is 0 Å². The van der Waals surface area contributed by atoms with Crippen molar-refractivity contribution in [3.8, 4) is 22.3 Å². The van der Waals surface area contributed by atoms with Crippen molar-refractivity contribution in [3.63, 3.8) is 0 Å². The molecular formula is C40H28F3N5O8. The molecule has 1 aliphatic rings. The van der Waals surface area contributed by atoms with Gasteiger partial charge >= 0.3 is 17.9 Å². The maximum absolute atomic E-state index is 13.5. The Morgan fingerprint density at radius 3 is 1.93 bits per heavy atom. The fourth-order valence-corrected chi connectivity index (χ4v) is 6.09. The molecule has 7 aromatic rings. The topological polar surface area (TPSA) is 176 Å². The summed E-state index contributed by atoms with van der Waals surface area (Å²) in [7, 11) is 3.85. The largest absolute Gasteiger partial charge is 0.465 e. The van der Waals surface area contributed by atoms with Crippen LogP contribution in [0.4, 0.5) is 18.9 Å². The summed E-state index contributed by atoms with van der Waals surface area (Å²) < 4.78 is 53.6. The van der Waals surface area contributed by atoms with E-state index in [9.17, 15) is 37.7 Å². The first-order chi connectivity index (χ1) is 26.9. The number of aromatic amines is 1. The van der Waals surface area contributed by atoms with Crippen LogP contribution in [0.1, 0.15) is 42.2 Å². The lowest BCUT2D eigenvalue weighted by Gasteiger charge is -2.05. The minimum atomic E-state index is -0.742. The van der Waals surface area contributed by atoms with Crippen molar-refractivity contribution in [2.45, 2.75) is 6.42 Å². The molecule has 0 atom stereocenters. The number of hydrogen-bond acceptors (Lipinski definition) is 11. The quantitative estimate of drug-likeness (QED) is 0.0595. The number of benzene rings is 3. The zero-order chi connectivity index (χ0) is 40.1. The lowest BCUT2D eigenvalue weighted by molar-refractivity contribution is -0.384. The first kappa shape index (κ1) is 38.2. The highest BCUT2D eigenvalue weighted by Crippen LogP contribution is 2.37. The van der Waals surface area contributed by atoms with Crippen LogP contribution in [0, 0.1) is 28.0 Å². The van der Waals surface area contributed by atoms with E-state index >= 15 is 0 Å². The molecule has 0 spiro atoms. The van der Waals surface area contributed by atoms with Gasteiger partial charge in [-0.3, -0.25) is 10.1 Å². The van der Waals surface area contributed by atoms with Gasteiger partial charge in [-0.1, -0.05) is 12.1 Å². The van der Waals surface area contributed by atoms with Gasteiger partial charge in [0.25, 0.3) is 5.69 Å². The zero-order valence-electron chi connectivity index (χ0n) is 29.6. The molecule has 0 unspecified atom stereocenters. The third kappa shape index (κ3) is 7.89. The predicted octanol–water partition coefficient (Wildman–Crippen LogP) is 7.80. The summed E-state index contributed by atoms with van der Waals surface area (Å²) in [6, 6.07) is 19.9. The maximum Gasteiger partial charge on any atom is 0.338 e. The Kier molecular flexibility index (Phi) is 11.1. The Balaban J connectivity index is 0.000000143. The Morgan fingerprint density at radius 1 is 0.661 bits per heavy atom. The van der Waals surface area contributed by atoms with Gasteiger partial charge in [0.05, 0.1) is 48.5 Å². The molecule has 0 saturated carbocycles. The van der Waals surface area contributed by atoms with E-state index < -0.39 is 34.7 Å². The molecule has 3 aromatic carbocycles. The smallest absolute Gasteiger partial charge is 0.338 e. The van der Waals surface area contributed by atoms with Gasteiger partial charge in [-0.25, -0.2) is 29.3 Å². The van der Waals surface area contributed by atoms with Crippen molar-refractivity contribution in [2.75, 3.05) is 21.3 Å². The second-order valence-corrected chi connectivity index (χ2v) is 12.0. The first-order valence-corrected chi connectivity index (χ1v) is 16.4. The second-order valence-electron chi connectivity index (χ2n) is 12.0. The minimum absolute atomic E-state index is 0.0532. The van der Waals surface area contributed by atoms with Gasteiger partial charge in [-0.05, 0) is 76.3 Å². The molecule has 1 aliphatic carbocycles. The summed E-state index contributed by atoms with van der Waals surface area (Å²) in [5.41, 5.74) is 6.00. The van der Waals surface area contributed by atoms with E-state index in [0.29, 0.717) is 34.1 Å². The van der Waals surface area contributed by atoms with Gasteiger partial charge < -0.3 is 19.2 Å². The Labute approximate surface area is 314 Å². The summed E-state index contributed by atoms with van der Waals surface area (Å²) in [6.07, 6.45) is 4.84. The lowest BCUT2D eigenvalue weighted by atomic mass is 10.0. The molecule has 4 heterocycles. The van der Waals surface area contributed by atoms with Gasteiger partial charge in [0, 0.05) is 59.5 Å². The van der Waals surface area contributed by atoms with Crippen LogP contribution in [-0.4, -0.2) is 64.1 Å². The molecular weight excluding hydrogens is 735 g/mol. The second kappa shape index (κ2) is 16.3. The fourth-order valence-electron chi connectivity index (χ4n) is 6.09. The number of nitrogens with one attached hydrogen (secondary N) is 1. The van der Waals surface area contributed by atoms with Gasteiger partial charge in [0.1, 0.15) is 5.52 Å². The molecule has 13 nitrogen and oxygen atoms in total. The monoisotopic (exact) mass is 763 g/mol. The number of nitrogens with zero attached hydrogens (tertiary/aromatic N) is 4. The Morgan fingerprint density at radius 2 is 1.27 bits per heavy atom. The van der Waals surface area contributed by atoms with E-state index in [1.54, 1.807) is 42.6 Å². The van der Waals surface area contributed by atoms with E-state index in [1.165, 1.54) is 58.0 Å². The highest BCUT2D eigenvalue weighted by atomic mass is 19.1.